The van der Waals surface area contributed by atoms with Gasteiger partial charge in [0.15, 0.2) is 0 Å². The Labute approximate surface area is 165 Å². The molecule has 0 aliphatic carbocycles. The number of piperidine rings is 1. The molecule has 1 N–H and O–H groups in total. The molecule has 0 radical (unpaired) electrons. The topological polar surface area (TPSA) is 75.2 Å². The minimum absolute atomic E-state index is 0.0655. The van der Waals surface area contributed by atoms with Crippen LogP contribution in [0.25, 0.3) is 0 Å². The van der Waals surface area contributed by atoms with Gasteiger partial charge in [0.2, 0.25) is 0 Å². The highest BCUT2D eigenvalue weighted by Gasteiger charge is 2.44. The van der Waals surface area contributed by atoms with E-state index in [4.69, 9.17) is 0 Å². The van der Waals surface area contributed by atoms with Crippen molar-refractivity contribution in [3.63, 3.8) is 0 Å². The summed E-state index contributed by atoms with van der Waals surface area (Å²) in [4.78, 5) is 36.1. The summed E-state index contributed by atoms with van der Waals surface area (Å²) in [6.45, 7) is 5.85. The van der Waals surface area contributed by atoms with Crippen molar-refractivity contribution < 1.29 is 9.59 Å². The predicted molar refractivity (Wildman–Crippen MR) is 106 cm³/mol. The molecule has 28 heavy (non-hydrogen) atoms. The largest absolute Gasteiger partial charge is 0.348 e. The Balaban J connectivity index is 1.46. The smallest absolute Gasteiger partial charge is 0.271 e. The zero-order valence-corrected chi connectivity index (χ0v) is 16.6. The first-order valence-corrected chi connectivity index (χ1v) is 9.92. The number of benzene rings is 1. The monoisotopic (exact) mass is 378 g/mol. The maximum absolute atomic E-state index is 13.2. The molecule has 1 unspecified atom stereocenters. The lowest BCUT2D eigenvalue weighted by Gasteiger charge is -2.39. The quantitative estimate of drug-likeness (QED) is 0.891. The van der Waals surface area contributed by atoms with Crippen LogP contribution in [0.3, 0.4) is 0 Å². The summed E-state index contributed by atoms with van der Waals surface area (Å²) in [6.07, 6.45) is 6.69. The molecule has 2 bridgehead atoms. The summed E-state index contributed by atoms with van der Waals surface area (Å²) in [5.41, 5.74) is 4.04. The number of aromatic nitrogens is 2. The summed E-state index contributed by atoms with van der Waals surface area (Å²) < 4.78 is 0. The fourth-order valence-corrected chi connectivity index (χ4v) is 4.50. The normalized spacial score (nSPS) is 23.5. The van der Waals surface area contributed by atoms with Crippen molar-refractivity contribution in [3.05, 3.63) is 58.7 Å². The highest BCUT2D eigenvalue weighted by Crippen LogP contribution is 2.37. The fourth-order valence-electron chi connectivity index (χ4n) is 4.50. The second-order valence-electron chi connectivity index (χ2n) is 8.10. The summed E-state index contributed by atoms with van der Waals surface area (Å²) in [5, 5.41) is 3.10. The third kappa shape index (κ3) is 3.51. The molecule has 2 aromatic rings. The molecule has 1 aromatic heterocycles. The predicted octanol–water partition coefficient (Wildman–Crippen LogP) is 2.97. The van der Waals surface area contributed by atoms with Gasteiger partial charge in [0.25, 0.3) is 11.8 Å². The van der Waals surface area contributed by atoms with E-state index in [1.165, 1.54) is 6.20 Å². The highest BCUT2D eigenvalue weighted by atomic mass is 16.2. The van der Waals surface area contributed by atoms with Crippen LogP contribution in [0, 0.1) is 20.8 Å². The Kier molecular flexibility index (Phi) is 4.87. The van der Waals surface area contributed by atoms with Gasteiger partial charge in [-0.25, -0.2) is 4.98 Å². The number of nitrogens with one attached hydrogen (secondary N) is 1. The number of aryl methyl sites for hydroxylation is 3. The lowest BCUT2D eigenvalue weighted by molar-refractivity contribution is 0.0548. The van der Waals surface area contributed by atoms with Gasteiger partial charge in [0, 0.05) is 29.9 Å². The first-order chi connectivity index (χ1) is 13.4. The van der Waals surface area contributed by atoms with E-state index in [9.17, 15) is 9.59 Å². The van der Waals surface area contributed by atoms with Crippen LogP contribution >= 0.6 is 0 Å². The Morgan fingerprint density at radius 3 is 2.39 bits per heavy atom. The fraction of sp³-hybridized carbons (Fsp3) is 0.455. The first-order valence-electron chi connectivity index (χ1n) is 9.92. The van der Waals surface area contributed by atoms with Crippen LogP contribution in [0.15, 0.2) is 30.6 Å². The van der Waals surface area contributed by atoms with Crippen LogP contribution in [0.4, 0.5) is 0 Å². The van der Waals surface area contributed by atoms with Crippen molar-refractivity contribution in [3.8, 4) is 0 Å². The first kappa shape index (κ1) is 18.6. The molecule has 0 spiro atoms. The van der Waals surface area contributed by atoms with E-state index < -0.39 is 0 Å². The number of hydrogen-bond acceptors (Lipinski definition) is 4. The van der Waals surface area contributed by atoms with E-state index >= 15 is 0 Å². The average molecular weight is 378 g/mol. The van der Waals surface area contributed by atoms with Gasteiger partial charge in [0.1, 0.15) is 5.69 Å². The molecule has 2 saturated heterocycles. The third-order valence-electron chi connectivity index (χ3n) is 5.94. The highest BCUT2D eigenvalue weighted by molar-refractivity contribution is 5.96. The van der Waals surface area contributed by atoms with Gasteiger partial charge in [-0.15, -0.1) is 0 Å². The Hall–Kier alpha value is -2.76. The number of hydrogen-bond donors (Lipinski definition) is 1. The zero-order chi connectivity index (χ0) is 19.8. The Morgan fingerprint density at radius 2 is 1.75 bits per heavy atom. The van der Waals surface area contributed by atoms with Crippen LogP contribution in [-0.4, -0.2) is 44.8 Å². The van der Waals surface area contributed by atoms with Gasteiger partial charge in [-0.3, -0.25) is 14.6 Å². The molecule has 4 rings (SSSR count). The van der Waals surface area contributed by atoms with Crippen molar-refractivity contribution in [2.24, 2.45) is 0 Å². The minimum Gasteiger partial charge on any atom is -0.348 e. The molecule has 6 heteroatoms. The van der Waals surface area contributed by atoms with E-state index in [0.29, 0.717) is 5.69 Å². The second-order valence-corrected chi connectivity index (χ2v) is 8.10. The summed E-state index contributed by atoms with van der Waals surface area (Å²) in [5.74, 6) is -0.0610. The molecule has 3 atom stereocenters. The van der Waals surface area contributed by atoms with E-state index in [-0.39, 0.29) is 29.9 Å². The van der Waals surface area contributed by atoms with Crippen LogP contribution < -0.4 is 5.32 Å². The van der Waals surface area contributed by atoms with Crippen molar-refractivity contribution in [2.75, 3.05) is 0 Å². The SMILES string of the molecule is Cc1ccc(C)c(C(=O)N2[C@@H]3CC[C@H]2CC(NC(=O)c2cnc(C)cn2)C3)c1. The van der Waals surface area contributed by atoms with Gasteiger partial charge in [0.05, 0.1) is 11.9 Å². The Morgan fingerprint density at radius 1 is 1.04 bits per heavy atom. The molecule has 2 fully saturated rings. The van der Waals surface area contributed by atoms with Gasteiger partial charge in [-0.1, -0.05) is 17.7 Å². The molecule has 2 aliphatic heterocycles. The molecular formula is C22H26N4O2. The number of carbonyl (C=O) groups is 2. The molecule has 2 amide bonds. The van der Waals surface area contributed by atoms with Gasteiger partial charge >= 0.3 is 0 Å². The van der Waals surface area contributed by atoms with Crippen LogP contribution in [0.1, 0.15) is 63.4 Å². The summed E-state index contributed by atoms with van der Waals surface area (Å²) in [6, 6.07) is 6.47. The minimum atomic E-state index is -0.189. The third-order valence-corrected chi connectivity index (χ3v) is 5.94. The van der Waals surface area contributed by atoms with Gasteiger partial charge in [-0.2, -0.15) is 0 Å². The van der Waals surface area contributed by atoms with Crippen molar-refractivity contribution in [1.29, 1.82) is 0 Å². The molecule has 6 nitrogen and oxygen atoms in total. The van der Waals surface area contributed by atoms with Gasteiger partial charge in [-0.05, 0) is 58.1 Å². The number of carbonyl (C=O) groups excluding carboxylic acids is 2. The lowest BCUT2D eigenvalue weighted by Crippen LogP contribution is -2.52. The number of rotatable bonds is 3. The maximum atomic E-state index is 13.2. The second kappa shape index (κ2) is 7.34. The molecule has 1 aromatic carbocycles. The lowest BCUT2D eigenvalue weighted by atomic mass is 9.95. The molecule has 0 saturated carbocycles. The number of amides is 2. The van der Waals surface area contributed by atoms with E-state index in [2.05, 4.69) is 20.2 Å². The zero-order valence-electron chi connectivity index (χ0n) is 16.6. The van der Waals surface area contributed by atoms with E-state index in [1.54, 1.807) is 6.20 Å². The van der Waals surface area contributed by atoms with Gasteiger partial charge < -0.3 is 10.2 Å². The Bertz CT molecular complexity index is 895. The van der Waals surface area contributed by atoms with Crippen LogP contribution in [0.2, 0.25) is 0 Å². The number of nitrogens with zero attached hydrogens (tertiary/aromatic N) is 3. The van der Waals surface area contributed by atoms with Crippen LogP contribution in [0.5, 0.6) is 0 Å². The molecule has 2 aliphatic rings. The molecule has 3 heterocycles. The van der Waals surface area contributed by atoms with E-state index in [0.717, 1.165) is 48.1 Å². The van der Waals surface area contributed by atoms with E-state index in [1.807, 2.05) is 39.0 Å². The number of fused-ring (bicyclic) bond motifs is 2. The van der Waals surface area contributed by atoms with Crippen LogP contribution in [-0.2, 0) is 0 Å². The van der Waals surface area contributed by atoms with Crippen molar-refractivity contribution >= 4 is 11.8 Å². The average Bonchev–Trinajstić information content (AvgIpc) is 2.94. The summed E-state index contributed by atoms with van der Waals surface area (Å²) >= 11 is 0. The molecular weight excluding hydrogens is 352 g/mol. The van der Waals surface area contributed by atoms with Crippen molar-refractivity contribution in [1.82, 2.24) is 20.2 Å². The van der Waals surface area contributed by atoms with Crippen molar-refractivity contribution in [2.45, 2.75) is 64.6 Å². The maximum Gasteiger partial charge on any atom is 0.271 e. The summed E-state index contributed by atoms with van der Waals surface area (Å²) in [7, 11) is 0. The standard InChI is InChI=1S/C22H26N4O2/c1-13-4-5-14(2)19(8-13)22(28)26-17-6-7-18(26)10-16(9-17)25-21(27)20-12-23-15(3)11-24-20/h4-5,8,11-12,16-18H,6-7,9-10H2,1-3H3,(H,25,27)/t16?,17-,18+. The molecule has 146 valence electrons.